The summed E-state index contributed by atoms with van der Waals surface area (Å²) in [7, 11) is -0.666. The lowest BCUT2D eigenvalue weighted by atomic mass is 10.5. The summed E-state index contributed by atoms with van der Waals surface area (Å²) in [5, 5.41) is 7.42. The molecule has 15 heteroatoms. The largest absolute Gasteiger partial charge is 0.500 e. The molecule has 0 aliphatic heterocycles. The van der Waals surface area contributed by atoms with Crippen LogP contribution >= 0.6 is 11.8 Å². The van der Waals surface area contributed by atoms with Gasteiger partial charge >= 0.3 is 23.6 Å². The van der Waals surface area contributed by atoms with Gasteiger partial charge in [-0.15, -0.1) is 9.78 Å². The summed E-state index contributed by atoms with van der Waals surface area (Å²) in [4.78, 5) is 16.6. The van der Waals surface area contributed by atoms with Crippen molar-refractivity contribution in [2.75, 3.05) is 59.2 Å². The minimum absolute atomic E-state index is 0.0334. The van der Waals surface area contributed by atoms with E-state index in [0.29, 0.717) is 55.8 Å². The quantitative estimate of drug-likeness (QED) is 0.165. The first-order chi connectivity index (χ1) is 15.8. The Labute approximate surface area is 202 Å². The Morgan fingerprint density at radius 3 is 2.03 bits per heavy atom. The van der Waals surface area contributed by atoms with E-state index in [1.54, 1.807) is 21.3 Å². The number of hydrogen-bond acceptors (Lipinski definition) is 11. The highest BCUT2D eigenvalue weighted by Gasteiger charge is 2.39. The predicted octanol–water partition coefficient (Wildman–Crippen LogP) is 2.22. The first-order valence-corrected chi connectivity index (χ1v) is 15.9. The highest BCUT2D eigenvalue weighted by atomic mass is 32.2. The van der Waals surface area contributed by atoms with Crippen LogP contribution in [0.25, 0.3) is 0 Å². The number of nitrogens with zero attached hydrogens (tertiary/aromatic N) is 3. The second-order valence-corrected chi connectivity index (χ2v) is 13.6. The molecule has 12 nitrogen and oxygen atoms in total. The number of anilines is 1. The first kappa shape index (κ1) is 30.0. The van der Waals surface area contributed by atoms with Crippen molar-refractivity contribution in [1.82, 2.24) is 20.1 Å². The maximum atomic E-state index is 12.4. The van der Waals surface area contributed by atoms with E-state index < -0.39 is 23.6 Å². The monoisotopic (exact) mass is 525 g/mol. The van der Waals surface area contributed by atoms with E-state index in [0.717, 1.165) is 11.1 Å². The molecule has 3 N–H and O–H groups in total. The van der Waals surface area contributed by atoms with Crippen LogP contribution in [0.5, 0.6) is 0 Å². The molecule has 0 saturated heterocycles. The second-order valence-electron chi connectivity index (χ2n) is 6.73. The zero-order valence-electron chi connectivity index (χ0n) is 20.5. The molecule has 0 fully saturated rings. The maximum absolute atomic E-state index is 12.4. The van der Waals surface area contributed by atoms with Crippen LogP contribution in [0.15, 0.2) is 5.16 Å². The van der Waals surface area contributed by atoms with E-state index in [2.05, 4.69) is 15.4 Å². The maximum Gasteiger partial charge on any atom is 0.500 e. The number of carbonyl (C=O) groups excluding carboxylic acids is 1. The molecule has 0 spiro atoms. The molecule has 1 heterocycles. The Kier molecular flexibility index (Phi) is 14.3. The fourth-order valence-electron chi connectivity index (χ4n) is 3.10. The third kappa shape index (κ3) is 9.61. The molecule has 0 aliphatic rings. The number of hydrogen-bond donors (Lipinski definition) is 2. The van der Waals surface area contributed by atoms with Gasteiger partial charge in [0.05, 0.1) is 0 Å². The number of nitrogens with two attached hydrogens (primary N) is 1. The Hall–Kier alpha value is -1.05. The molecule has 0 aliphatic carbocycles. The Morgan fingerprint density at radius 2 is 1.52 bits per heavy atom. The molecule has 0 unspecified atom stereocenters. The Morgan fingerprint density at radius 1 is 0.970 bits per heavy atom. The summed E-state index contributed by atoms with van der Waals surface area (Å²) in [5.41, 5.74) is 5.88. The van der Waals surface area contributed by atoms with Crippen molar-refractivity contribution in [3.05, 3.63) is 0 Å². The van der Waals surface area contributed by atoms with Gasteiger partial charge in [0.1, 0.15) is 0 Å². The highest BCUT2D eigenvalue weighted by molar-refractivity contribution is 7.99. The fraction of sp³-hybridized carbons (Fsp3) is 0.833. The summed E-state index contributed by atoms with van der Waals surface area (Å²) < 4.78 is 34.8. The summed E-state index contributed by atoms with van der Waals surface area (Å²) in [5.74, 6) is 0.746. The zero-order chi connectivity index (χ0) is 24.7. The van der Waals surface area contributed by atoms with Crippen LogP contribution < -0.4 is 11.1 Å². The van der Waals surface area contributed by atoms with Crippen LogP contribution in [-0.4, -0.2) is 91.9 Å². The van der Waals surface area contributed by atoms with Crippen molar-refractivity contribution in [1.29, 1.82) is 0 Å². The average molecular weight is 526 g/mol. The average Bonchev–Trinajstić information content (AvgIpc) is 3.18. The number of nitrogen functional groups attached to an aromatic ring is 1. The van der Waals surface area contributed by atoms with Gasteiger partial charge in [-0.05, 0) is 33.6 Å². The molecular formula is C18H39N5O7SSi2. The topological polar surface area (TPSA) is 141 Å². The van der Waals surface area contributed by atoms with Gasteiger partial charge in [-0.3, -0.25) is 0 Å². The van der Waals surface area contributed by atoms with Crippen molar-refractivity contribution in [2.24, 2.45) is 0 Å². The van der Waals surface area contributed by atoms with Gasteiger partial charge in [-0.1, -0.05) is 11.8 Å². The van der Waals surface area contributed by atoms with Crippen LogP contribution in [-0.2, 0) is 26.6 Å². The molecule has 0 aromatic carbocycles. The van der Waals surface area contributed by atoms with E-state index in [1.165, 1.54) is 11.8 Å². The van der Waals surface area contributed by atoms with Crippen LogP contribution in [0.4, 0.5) is 10.7 Å². The number of thioether (sulfide) groups is 1. The summed E-state index contributed by atoms with van der Waals surface area (Å²) in [6.45, 7) is 7.83. The van der Waals surface area contributed by atoms with Crippen molar-refractivity contribution in [2.45, 2.75) is 50.9 Å². The minimum Gasteiger partial charge on any atom is -0.377 e. The van der Waals surface area contributed by atoms with Gasteiger partial charge in [-0.2, -0.15) is 4.98 Å². The third-order valence-corrected chi connectivity index (χ3v) is 11.5. The van der Waals surface area contributed by atoms with Gasteiger partial charge in [0, 0.05) is 65.5 Å². The van der Waals surface area contributed by atoms with E-state index >= 15 is 0 Å². The van der Waals surface area contributed by atoms with Crippen molar-refractivity contribution < 1.29 is 31.4 Å². The molecular weight excluding hydrogens is 486 g/mol. The predicted molar refractivity (Wildman–Crippen MR) is 130 cm³/mol. The van der Waals surface area contributed by atoms with Gasteiger partial charge in [0.25, 0.3) is 0 Å². The molecule has 1 amide bonds. The number of amides is 1. The van der Waals surface area contributed by atoms with E-state index in [4.69, 9.17) is 32.3 Å². The molecule has 33 heavy (non-hydrogen) atoms. The lowest BCUT2D eigenvalue weighted by Crippen LogP contribution is -2.46. The van der Waals surface area contributed by atoms with Crippen LogP contribution in [0.1, 0.15) is 33.6 Å². The lowest BCUT2D eigenvalue weighted by Gasteiger charge is -2.28. The molecule has 0 radical (unpaired) electrons. The van der Waals surface area contributed by atoms with Crippen molar-refractivity contribution >= 4 is 41.4 Å². The smallest absolute Gasteiger partial charge is 0.377 e. The second kappa shape index (κ2) is 15.8. The van der Waals surface area contributed by atoms with Gasteiger partial charge in [-0.25, -0.2) is 4.79 Å². The number of carbonyl (C=O) groups is 1. The van der Waals surface area contributed by atoms with Crippen LogP contribution in [0.2, 0.25) is 12.1 Å². The van der Waals surface area contributed by atoms with E-state index in [-0.39, 0.29) is 5.95 Å². The van der Waals surface area contributed by atoms with Crippen LogP contribution in [0, 0.1) is 0 Å². The van der Waals surface area contributed by atoms with Gasteiger partial charge in [0.15, 0.2) is 0 Å². The Bertz CT molecular complexity index is 672. The summed E-state index contributed by atoms with van der Waals surface area (Å²) in [6, 6.07) is 0.823. The highest BCUT2D eigenvalue weighted by Crippen LogP contribution is 2.22. The number of nitrogens with one attached hydrogen (secondary N) is 1. The summed E-state index contributed by atoms with van der Waals surface area (Å²) in [6.07, 6.45) is 1.41. The molecule has 0 saturated carbocycles. The third-order valence-electron chi connectivity index (χ3n) is 4.63. The SMILES string of the molecule is CCO[Si](CCCSc1nc(N)n(C(=O)NCCC[Si](OC)(OC)OC)n1)(OCC)OCC. The molecule has 1 aromatic heterocycles. The molecule has 0 atom stereocenters. The summed E-state index contributed by atoms with van der Waals surface area (Å²) >= 11 is 1.42. The normalized spacial score (nSPS) is 12.3. The standard InChI is InChI=1S/C18H39N5O7SSi2/c1-7-28-33(29-8-2,30-9-3)15-11-13-31-17-21-16(19)23(22-17)18(24)20-12-10-14-32(25-4,26-5)27-6/h7-15H2,1-6H3,(H,20,24)(H2,19,21,22). The number of aromatic nitrogens is 3. The molecule has 0 bridgehead atoms. The van der Waals surface area contributed by atoms with E-state index in [1.807, 2.05) is 20.8 Å². The number of rotatable bonds is 18. The van der Waals surface area contributed by atoms with Crippen molar-refractivity contribution in [3.63, 3.8) is 0 Å². The minimum atomic E-state index is -2.67. The van der Waals surface area contributed by atoms with E-state index in [9.17, 15) is 4.79 Å². The van der Waals surface area contributed by atoms with Gasteiger partial charge < -0.3 is 37.6 Å². The molecule has 1 rings (SSSR count). The van der Waals surface area contributed by atoms with Crippen LogP contribution in [0.3, 0.4) is 0 Å². The fourth-order valence-corrected chi connectivity index (χ4v) is 8.46. The molecule has 192 valence electrons. The molecule has 1 aromatic rings. The first-order valence-electron chi connectivity index (χ1n) is 11.1. The van der Waals surface area contributed by atoms with Gasteiger partial charge in [0.2, 0.25) is 11.1 Å². The zero-order valence-corrected chi connectivity index (χ0v) is 23.4. The van der Waals surface area contributed by atoms with Crippen molar-refractivity contribution in [3.8, 4) is 0 Å². The Balaban J connectivity index is 2.52. The lowest BCUT2D eigenvalue weighted by molar-refractivity contribution is 0.0712.